The maximum atomic E-state index is 5.95. The van der Waals surface area contributed by atoms with E-state index in [9.17, 15) is 0 Å². The third kappa shape index (κ3) is 4.64. The van der Waals surface area contributed by atoms with Gasteiger partial charge in [0.1, 0.15) is 0 Å². The van der Waals surface area contributed by atoms with E-state index in [0.29, 0.717) is 0 Å². The van der Waals surface area contributed by atoms with Crippen LogP contribution in [0, 0.1) is 0 Å². The van der Waals surface area contributed by atoms with Crippen molar-refractivity contribution in [3.8, 4) is 0 Å². The zero-order valence-electron chi connectivity index (χ0n) is 11.1. The molecule has 0 spiro atoms. The summed E-state index contributed by atoms with van der Waals surface area (Å²) in [7, 11) is 2.17. The van der Waals surface area contributed by atoms with Crippen LogP contribution in [0.15, 0.2) is 40.2 Å². The van der Waals surface area contributed by atoms with Crippen molar-refractivity contribution in [2.75, 3.05) is 19.3 Å². The zero-order valence-corrected chi connectivity index (χ0v) is 13.5. The fraction of sp³-hybridized carbons (Fsp3) is 0.333. The summed E-state index contributed by atoms with van der Waals surface area (Å²) in [5.41, 5.74) is 8.12. The number of aryl methyl sites for hydroxylation is 1. The van der Waals surface area contributed by atoms with Crippen LogP contribution in [0.4, 0.5) is 5.69 Å². The number of hydrogen-bond acceptors (Lipinski definition) is 3. The molecule has 2 nitrogen and oxygen atoms in total. The number of rotatable bonds is 6. The number of halogens is 1. The molecule has 2 aromatic rings. The van der Waals surface area contributed by atoms with Gasteiger partial charge >= 0.3 is 0 Å². The minimum Gasteiger partial charge on any atom is -0.399 e. The fourth-order valence-electron chi connectivity index (χ4n) is 2.08. The van der Waals surface area contributed by atoms with Crippen LogP contribution in [0.25, 0.3) is 0 Å². The van der Waals surface area contributed by atoms with Crippen molar-refractivity contribution >= 4 is 33.0 Å². The van der Waals surface area contributed by atoms with Gasteiger partial charge in [-0.15, -0.1) is 11.3 Å². The van der Waals surface area contributed by atoms with E-state index in [0.717, 1.165) is 31.6 Å². The third-order valence-electron chi connectivity index (χ3n) is 3.09. The van der Waals surface area contributed by atoms with Crippen molar-refractivity contribution in [3.63, 3.8) is 0 Å². The van der Waals surface area contributed by atoms with Gasteiger partial charge in [-0.1, -0.05) is 18.2 Å². The molecule has 0 atom stereocenters. The third-order valence-corrected chi connectivity index (χ3v) is 4.77. The molecular weight excluding hydrogens is 320 g/mol. The summed E-state index contributed by atoms with van der Waals surface area (Å²) < 4.78 is 1.18. The Balaban J connectivity index is 1.75. The van der Waals surface area contributed by atoms with E-state index in [2.05, 4.69) is 51.5 Å². The second-order valence-electron chi connectivity index (χ2n) is 4.77. The molecule has 102 valence electrons. The Bertz CT molecular complexity index is 524. The standard InChI is InChI=1S/C15H19BrN2S/c1-18(10-14-9-13(16)11-19-14)8-4-6-12-5-2-3-7-15(12)17/h2-3,5,7,9,11H,4,6,8,10,17H2,1H3. The van der Waals surface area contributed by atoms with Gasteiger partial charge in [0, 0.05) is 27.0 Å². The molecular formula is C15H19BrN2S. The quantitative estimate of drug-likeness (QED) is 0.801. The van der Waals surface area contributed by atoms with Gasteiger partial charge in [-0.2, -0.15) is 0 Å². The zero-order chi connectivity index (χ0) is 13.7. The van der Waals surface area contributed by atoms with Gasteiger partial charge in [0.05, 0.1) is 0 Å². The molecule has 1 heterocycles. The van der Waals surface area contributed by atoms with E-state index in [-0.39, 0.29) is 0 Å². The Kier molecular flexibility index (Phi) is 5.43. The maximum Gasteiger partial charge on any atom is 0.0346 e. The van der Waals surface area contributed by atoms with Crippen LogP contribution < -0.4 is 5.73 Å². The fourth-order valence-corrected chi connectivity index (χ4v) is 3.61. The minimum absolute atomic E-state index is 0.910. The van der Waals surface area contributed by atoms with Gasteiger partial charge < -0.3 is 10.6 Å². The van der Waals surface area contributed by atoms with E-state index in [4.69, 9.17) is 5.73 Å². The van der Waals surface area contributed by atoms with Crippen LogP contribution in [0.1, 0.15) is 16.9 Å². The van der Waals surface area contributed by atoms with E-state index in [1.807, 2.05) is 12.1 Å². The van der Waals surface area contributed by atoms with Crippen LogP contribution in [-0.2, 0) is 13.0 Å². The van der Waals surface area contributed by atoms with E-state index in [1.54, 1.807) is 11.3 Å². The Morgan fingerprint density at radius 1 is 1.32 bits per heavy atom. The summed E-state index contributed by atoms with van der Waals surface area (Å²) in [6, 6.07) is 10.3. The highest BCUT2D eigenvalue weighted by molar-refractivity contribution is 9.10. The van der Waals surface area contributed by atoms with Crippen molar-refractivity contribution in [2.24, 2.45) is 0 Å². The van der Waals surface area contributed by atoms with E-state index >= 15 is 0 Å². The molecule has 2 rings (SSSR count). The van der Waals surface area contributed by atoms with Crippen LogP contribution in [0.3, 0.4) is 0 Å². The topological polar surface area (TPSA) is 29.3 Å². The molecule has 0 aliphatic rings. The first-order chi connectivity index (χ1) is 9.15. The van der Waals surface area contributed by atoms with Gasteiger partial charge in [-0.25, -0.2) is 0 Å². The second kappa shape index (κ2) is 7.08. The lowest BCUT2D eigenvalue weighted by atomic mass is 10.1. The van der Waals surface area contributed by atoms with Crippen LogP contribution >= 0.6 is 27.3 Å². The molecule has 1 aromatic carbocycles. The summed E-state index contributed by atoms with van der Waals surface area (Å²) in [5, 5.41) is 2.13. The molecule has 0 aliphatic heterocycles. The molecule has 4 heteroatoms. The molecule has 2 N–H and O–H groups in total. The first-order valence-electron chi connectivity index (χ1n) is 6.40. The first-order valence-corrected chi connectivity index (χ1v) is 8.07. The molecule has 1 aromatic heterocycles. The Labute approximate surface area is 127 Å². The lowest BCUT2D eigenvalue weighted by Gasteiger charge is -2.15. The van der Waals surface area contributed by atoms with Gasteiger partial charge in [0.25, 0.3) is 0 Å². The normalized spacial score (nSPS) is 11.1. The molecule has 0 bridgehead atoms. The minimum atomic E-state index is 0.910. The monoisotopic (exact) mass is 338 g/mol. The van der Waals surface area contributed by atoms with Crippen molar-refractivity contribution in [1.82, 2.24) is 4.90 Å². The Morgan fingerprint density at radius 3 is 2.79 bits per heavy atom. The van der Waals surface area contributed by atoms with E-state index < -0.39 is 0 Å². The number of thiophene rings is 1. The van der Waals surface area contributed by atoms with E-state index in [1.165, 1.54) is 14.9 Å². The van der Waals surface area contributed by atoms with Crippen molar-refractivity contribution in [3.05, 3.63) is 50.6 Å². The summed E-state index contributed by atoms with van der Waals surface area (Å²) >= 11 is 5.29. The predicted molar refractivity (Wildman–Crippen MR) is 87.5 cm³/mol. The number of hydrogen-bond donors (Lipinski definition) is 1. The maximum absolute atomic E-state index is 5.95. The molecule has 0 aliphatic carbocycles. The van der Waals surface area contributed by atoms with Crippen LogP contribution in [0.2, 0.25) is 0 Å². The highest BCUT2D eigenvalue weighted by Gasteiger charge is 2.04. The first kappa shape index (κ1) is 14.6. The van der Waals surface area contributed by atoms with Crippen LogP contribution in [-0.4, -0.2) is 18.5 Å². The molecule has 0 amide bonds. The molecule has 0 saturated heterocycles. The predicted octanol–water partition coefficient (Wildman–Crippen LogP) is 4.16. The second-order valence-corrected chi connectivity index (χ2v) is 6.68. The van der Waals surface area contributed by atoms with Crippen molar-refractivity contribution in [1.29, 1.82) is 0 Å². The number of anilines is 1. The summed E-state index contributed by atoms with van der Waals surface area (Å²) in [5.74, 6) is 0. The Hall–Kier alpha value is -0.840. The number of nitrogen functional groups attached to an aromatic ring is 1. The number of nitrogens with zero attached hydrogens (tertiary/aromatic N) is 1. The molecule has 0 saturated carbocycles. The smallest absolute Gasteiger partial charge is 0.0346 e. The van der Waals surface area contributed by atoms with Crippen LogP contribution in [0.5, 0.6) is 0 Å². The molecule has 0 radical (unpaired) electrons. The number of benzene rings is 1. The number of para-hydroxylation sites is 1. The van der Waals surface area contributed by atoms with Gasteiger partial charge in [-0.3, -0.25) is 0 Å². The lowest BCUT2D eigenvalue weighted by Crippen LogP contribution is -2.19. The van der Waals surface area contributed by atoms with Crippen molar-refractivity contribution < 1.29 is 0 Å². The SMILES string of the molecule is CN(CCCc1ccccc1N)Cc1cc(Br)cs1. The summed E-state index contributed by atoms with van der Waals surface area (Å²) in [6.07, 6.45) is 2.18. The average Bonchev–Trinajstić information content (AvgIpc) is 2.77. The molecule has 0 unspecified atom stereocenters. The van der Waals surface area contributed by atoms with Gasteiger partial charge in [0.15, 0.2) is 0 Å². The summed E-state index contributed by atoms with van der Waals surface area (Å²) in [6.45, 7) is 2.10. The molecule has 0 fully saturated rings. The highest BCUT2D eigenvalue weighted by atomic mass is 79.9. The largest absolute Gasteiger partial charge is 0.399 e. The summed E-state index contributed by atoms with van der Waals surface area (Å²) in [4.78, 5) is 3.76. The van der Waals surface area contributed by atoms with Gasteiger partial charge in [-0.05, 0) is 60.1 Å². The average molecular weight is 339 g/mol. The van der Waals surface area contributed by atoms with Crippen molar-refractivity contribution in [2.45, 2.75) is 19.4 Å². The van der Waals surface area contributed by atoms with Gasteiger partial charge in [0.2, 0.25) is 0 Å². The Morgan fingerprint density at radius 2 is 2.11 bits per heavy atom. The lowest BCUT2D eigenvalue weighted by molar-refractivity contribution is 0.325. The number of nitrogens with two attached hydrogens (primary N) is 1. The molecule has 19 heavy (non-hydrogen) atoms. The highest BCUT2D eigenvalue weighted by Crippen LogP contribution is 2.21.